The number of ether oxygens (including phenoxy) is 1. The van der Waals surface area contributed by atoms with Gasteiger partial charge in [0, 0.05) is 7.11 Å². The van der Waals surface area contributed by atoms with Crippen LogP contribution in [0.3, 0.4) is 0 Å². The van der Waals surface area contributed by atoms with Crippen LogP contribution in [0, 0.1) is 13.8 Å². The van der Waals surface area contributed by atoms with Crippen LogP contribution in [0.15, 0.2) is 18.2 Å². The van der Waals surface area contributed by atoms with Crippen LogP contribution >= 0.6 is 0 Å². The minimum Gasteiger partial charge on any atom is -0.385 e. The average molecular weight is 234 g/mol. The van der Waals surface area contributed by atoms with E-state index in [0.717, 1.165) is 36.8 Å². The van der Waals surface area contributed by atoms with Gasteiger partial charge >= 0.3 is 0 Å². The van der Waals surface area contributed by atoms with E-state index >= 15 is 0 Å². The summed E-state index contributed by atoms with van der Waals surface area (Å²) in [4.78, 5) is 0. The Morgan fingerprint density at radius 3 is 2.47 bits per heavy atom. The Labute approximate surface area is 104 Å². The molecular formula is C15H22O2. The summed E-state index contributed by atoms with van der Waals surface area (Å²) in [6.07, 6.45) is 3.71. The number of methoxy groups -OCH3 is 1. The molecule has 1 saturated carbocycles. The standard InChI is InChI=1S/C15H22O2/c1-11-6-7-12(2)13(10-11)14(16)15(17-3)8-4-5-9-15/h6-7,10,14,16H,4-5,8-9H2,1-3H3. The number of aliphatic hydroxyl groups is 1. The highest BCUT2D eigenvalue weighted by Crippen LogP contribution is 2.43. The molecule has 1 aliphatic rings. The summed E-state index contributed by atoms with van der Waals surface area (Å²) in [7, 11) is 1.72. The Balaban J connectivity index is 2.35. The molecule has 0 aliphatic heterocycles. The molecule has 1 unspecified atom stereocenters. The lowest BCUT2D eigenvalue weighted by Gasteiger charge is -2.34. The maximum absolute atomic E-state index is 10.7. The molecule has 1 fully saturated rings. The fourth-order valence-corrected chi connectivity index (χ4v) is 2.90. The number of aryl methyl sites for hydroxylation is 2. The fourth-order valence-electron chi connectivity index (χ4n) is 2.90. The number of hydrogen-bond donors (Lipinski definition) is 1. The molecule has 0 spiro atoms. The lowest BCUT2D eigenvalue weighted by atomic mass is 9.86. The van der Waals surface area contributed by atoms with Crippen molar-refractivity contribution >= 4 is 0 Å². The van der Waals surface area contributed by atoms with Gasteiger partial charge in [-0.1, -0.05) is 36.6 Å². The summed E-state index contributed by atoms with van der Waals surface area (Å²) in [6.45, 7) is 4.11. The maximum Gasteiger partial charge on any atom is 0.108 e. The first-order valence-electron chi connectivity index (χ1n) is 6.39. The molecule has 0 radical (unpaired) electrons. The maximum atomic E-state index is 10.7. The van der Waals surface area contributed by atoms with E-state index in [2.05, 4.69) is 32.0 Å². The van der Waals surface area contributed by atoms with Crippen molar-refractivity contribution in [2.24, 2.45) is 0 Å². The molecule has 1 aromatic carbocycles. The quantitative estimate of drug-likeness (QED) is 0.869. The predicted octanol–water partition coefficient (Wildman–Crippen LogP) is 3.30. The molecule has 0 amide bonds. The smallest absolute Gasteiger partial charge is 0.108 e. The summed E-state index contributed by atoms with van der Waals surface area (Å²) in [5.41, 5.74) is 2.99. The summed E-state index contributed by atoms with van der Waals surface area (Å²) in [6, 6.07) is 6.24. The third kappa shape index (κ3) is 2.24. The van der Waals surface area contributed by atoms with Gasteiger partial charge in [-0.2, -0.15) is 0 Å². The summed E-state index contributed by atoms with van der Waals surface area (Å²) in [5.74, 6) is 0. The highest BCUT2D eigenvalue weighted by Gasteiger charge is 2.42. The predicted molar refractivity (Wildman–Crippen MR) is 69.1 cm³/mol. The minimum atomic E-state index is -0.505. The normalized spacial score (nSPS) is 20.5. The Morgan fingerprint density at radius 2 is 1.88 bits per heavy atom. The van der Waals surface area contributed by atoms with Gasteiger partial charge in [0.2, 0.25) is 0 Å². The number of benzene rings is 1. The van der Waals surface area contributed by atoms with Crippen molar-refractivity contribution in [3.05, 3.63) is 34.9 Å². The first-order chi connectivity index (χ1) is 8.09. The first-order valence-corrected chi connectivity index (χ1v) is 6.39. The van der Waals surface area contributed by atoms with Gasteiger partial charge in [0.15, 0.2) is 0 Å². The Hall–Kier alpha value is -0.860. The Bertz CT molecular complexity index is 392. The third-order valence-electron chi connectivity index (χ3n) is 4.08. The van der Waals surface area contributed by atoms with Gasteiger partial charge in [-0.05, 0) is 37.8 Å². The van der Waals surface area contributed by atoms with Crippen molar-refractivity contribution in [1.82, 2.24) is 0 Å². The number of rotatable bonds is 3. The summed E-state index contributed by atoms with van der Waals surface area (Å²) in [5, 5.41) is 10.7. The van der Waals surface area contributed by atoms with Crippen LogP contribution in [0.5, 0.6) is 0 Å². The van der Waals surface area contributed by atoms with Crippen molar-refractivity contribution < 1.29 is 9.84 Å². The van der Waals surface area contributed by atoms with Crippen LogP contribution in [-0.2, 0) is 4.74 Å². The molecule has 0 heterocycles. The average Bonchev–Trinajstić information content (AvgIpc) is 2.81. The first kappa shape index (κ1) is 12.6. The van der Waals surface area contributed by atoms with Crippen LogP contribution in [0.25, 0.3) is 0 Å². The SMILES string of the molecule is COC1(C(O)c2cc(C)ccc2C)CCCC1. The molecular weight excluding hydrogens is 212 g/mol. The Kier molecular flexibility index (Phi) is 3.55. The van der Waals surface area contributed by atoms with Crippen LogP contribution in [0.1, 0.15) is 48.5 Å². The van der Waals surface area contributed by atoms with E-state index < -0.39 is 6.10 Å². The topological polar surface area (TPSA) is 29.5 Å². The zero-order valence-electron chi connectivity index (χ0n) is 11.0. The molecule has 94 valence electrons. The van der Waals surface area contributed by atoms with E-state index in [9.17, 15) is 5.11 Å². The van der Waals surface area contributed by atoms with E-state index in [1.165, 1.54) is 5.56 Å². The van der Waals surface area contributed by atoms with E-state index in [-0.39, 0.29) is 5.60 Å². The molecule has 2 heteroatoms. The molecule has 1 atom stereocenters. The van der Waals surface area contributed by atoms with E-state index in [1.807, 2.05) is 0 Å². The largest absolute Gasteiger partial charge is 0.385 e. The van der Waals surface area contributed by atoms with Crippen LogP contribution < -0.4 is 0 Å². The summed E-state index contributed by atoms with van der Waals surface area (Å²) < 4.78 is 5.66. The van der Waals surface area contributed by atoms with Gasteiger partial charge in [0.1, 0.15) is 6.10 Å². The molecule has 0 bridgehead atoms. The van der Waals surface area contributed by atoms with E-state index in [4.69, 9.17) is 4.74 Å². The minimum absolute atomic E-state index is 0.363. The second-order valence-corrected chi connectivity index (χ2v) is 5.24. The zero-order chi connectivity index (χ0) is 12.5. The van der Waals surface area contributed by atoms with E-state index in [1.54, 1.807) is 7.11 Å². The van der Waals surface area contributed by atoms with Crippen LogP contribution in [0.4, 0.5) is 0 Å². The van der Waals surface area contributed by atoms with Gasteiger partial charge < -0.3 is 9.84 Å². The Morgan fingerprint density at radius 1 is 1.24 bits per heavy atom. The molecule has 0 aromatic heterocycles. The van der Waals surface area contributed by atoms with Gasteiger partial charge in [-0.25, -0.2) is 0 Å². The second-order valence-electron chi connectivity index (χ2n) is 5.24. The monoisotopic (exact) mass is 234 g/mol. The third-order valence-corrected chi connectivity index (χ3v) is 4.08. The van der Waals surface area contributed by atoms with Crippen molar-refractivity contribution in [1.29, 1.82) is 0 Å². The summed E-state index contributed by atoms with van der Waals surface area (Å²) >= 11 is 0. The number of aliphatic hydroxyl groups excluding tert-OH is 1. The highest BCUT2D eigenvalue weighted by molar-refractivity contribution is 5.34. The second kappa shape index (κ2) is 4.79. The molecule has 2 rings (SSSR count). The van der Waals surface area contributed by atoms with Gasteiger partial charge in [-0.3, -0.25) is 0 Å². The van der Waals surface area contributed by atoms with Crippen molar-refractivity contribution in [3.8, 4) is 0 Å². The van der Waals surface area contributed by atoms with Crippen molar-refractivity contribution in [2.45, 2.75) is 51.2 Å². The van der Waals surface area contributed by atoms with Crippen LogP contribution in [-0.4, -0.2) is 17.8 Å². The van der Waals surface area contributed by atoms with Gasteiger partial charge in [0.05, 0.1) is 5.60 Å². The van der Waals surface area contributed by atoms with Crippen molar-refractivity contribution in [2.75, 3.05) is 7.11 Å². The molecule has 1 N–H and O–H groups in total. The fraction of sp³-hybridized carbons (Fsp3) is 0.600. The highest BCUT2D eigenvalue weighted by atomic mass is 16.5. The molecule has 17 heavy (non-hydrogen) atoms. The lowest BCUT2D eigenvalue weighted by Crippen LogP contribution is -2.35. The lowest BCUT2D eigenvalue weighted by molar-refractivity contribution is -0.100. The van der Waals surface area contributed by atoms with Crippen LogP contribution in [0.2, 0.25) is 0 Å². The van der Waals surface area contributed by atoms with Crippen molar-refractivity contribution in [3.63, 3.8) is 0 Å². The van der Waals surface area contributed by atoms with Gasteiger partial charge in [-0.15, -0.1) is 0 Å². The zero-order valence-corrected chi connectivity index (χ0v) is 11.0. The molecule has 1 aliphatic carbocycles. The van der Waals surface area contributed by atoms with Gasteiger partial charge in [0.25, 0.3) is 0 Å². The number of hydrogen-bond acceptors (Lipinski definition) is 2. The molecule has 1 aromatic rings. The molecule has 0 saturated heterocycles. The van der Waals surface area contributed by atoms with E-state index in [0.29, 0.717) is 0 Å². The molecule has 2 nitrogen and oxygen atoms in total.